The predicted molar refractivity (Wildman–Crippen MR) is 103 cm³/mol. The van der Waals surface area contributed by atoms with Crippen LogP contribution in [0.5, 0.6) is 0 Å². The normalized spacial score (nSPS) is 19.4. The minimum absolute atomic E-state index is 0.0254. The van der Waals surface area contributed by atoms with E-state index in [9.17, 15) is 8.42 Å². The summed E-state index contributed by atoms with van der Waals surface area (Å²) < 4.78 is 23.7. The third-order valence-corrected chi connectivity index (χ3v) is 7.83. The molecule has 7 heteroatoms. The van der Waals surface area contributed by atoms with Gasteiger partial charge in [-0.1, -0.05) is 30.3 Å². The van der Waals surface area contributed by atoms with E-state index in [1.807, 2.05) is 30.1 Å². The molecule has 1 aliphatic heterocycles. The third-order valence-electron chi connectivity index (χ3n) is 4.83. The highest BCUT2D eigenvalue weighted by Crippen LogP contribution is 2.40. The molecule has 1 aliphatic rings. The number of anilines is 1. The van der Waals surface area contributed by atoms with Crippen LogP contribution in [0.3, 0.4) is 0 Å². The Bertz CT molecular complexity index is 1030. The molecular formula is C18H19N3O2S2. The number of fused-ring (bicyclic) bond motifs is 1. The summed E-state index contributed by atoms with van der Waals surface area (Å²) in [5, 5.41) is 1.03. The van der Waals surface area contributed by atoms with Crippen molar-refractivity contribution in [3.8, 4) is 10.4 Å². The van der Waals surface area contributed by atoms with Crippen molar-refractivity contribution in [1.29, 1.82) is 0 Å². The molecule has 0 N–H and O–H groups in total. The molecule has 0 radical (unpaired) electrons. The molecule has 1 aromatic carbocycles. The van der Waals surface area contributed by atoms with Crippen molar-refractivity contribution in [2.75, 3.05) is 23.5 Å². The van der Waals surface area contributed by atoms with E-state index >= 15 is 0 Å². The molecule has 1 unspecified atom stereocenters. The smallest absolute Gasteiger partial charge is 0.152 e. The number of aromatic nitrogens is 2. The van der Waals surface area contributed by atoms with Crippen LogP contribution in [0.15, 0.2) is 36.7 Å². The summed E-state index contributed by atoms with van der Waals surface area (Å²) in [6, 6.07) is 10.2. The van der Waals surface area contributed by atoms with Gasteiger partial charge in [-0.2, -0.15) is 0 Å². The van der Waals surface area contributed by atoms with Gasteiger partial charge in [0.25, 0.3) is 0 Å². The lowest BCUT2D eigenvalue weighted by Crippen LogP contribution is -2.33. The standard InChI is InChI=1S/C18H19N3O2S2/c1-12-15-17(21(2)14-8-9-25(22,23)10-14)19-11-20-18(15)24-16(12)13-6-4-3-5-7-13/h3-7,11,14H,8-10H2,1-2H3. The first-order valence-electron chi connectivity index (χ1n) is 8.19. The third kappa shape index (κ3) is 2.91. The maximum absolute atomic E-state index is 11.8. The molecule has 1 atom stereocenters. The summed E-state index contributed by atoms with van der Waals surface area (Å²) in [6.07, 6.45) is 2.22. The first kappa shape index (κ1) is 16.5. The molecule has 4 rings (SSSR count). The minimum Gasteiger partial charge on any atom is -0.355 e. The molecule has 0 bridgehead atoms. The Hall–Kier alpha value is -1.99. The SMILES string of the molecule is Cc1c(-c2ccccc2)sc2ncnc(N(C)C3CCS(=O)(=O)C3)c12. The number of rotatable bonds is 3. The Morgan fingerprint density at radius 1 is 1.20 bits per heavy atom. The summed E-state index contributed by atoms with van der Waals surface area (Å²) in [4.78, 5) is 13.1. The van der Waals surface area contributed by atoms with Gasteiger partial charge in [0.05, 0.1) is 16.9 Å². The van der Waals surface area contributed by atoms with Crippen LogP contribution in [0, 0.1) is 6.92 Å². The number of nitrogens with zero attached hydrogens (tertiary/aromatic N) is 3. The molecule has 5 nitrogen and oxygen atoms in total. The second-order valence-corrected chi connectivity index (χ2v) is 9.70. The largest absolute Gasteiger partial charge is 0.355 e. The van der Waals surface area contributed by atoms with E-state index in [1.165, 1.54) is 10.4 Å². The summed E-state index contributed by atoms with van der Waals surface area (Å²) in [5.74, 6) is 1.28. The van der Waals surface area contributed by atoms with Gasteiger partial charge >= 0.3 is 0 Å². The van der Waals surface area contributed by atoms with Crippen LogP contribution < -0.4 is 4.90 Å². The number of hydrogen-bond donors (Lipinski definition) is 0. The fraction of sp³-hybridized carbons (Fsp3) is 0.333. The van der Waals surface area contributed by atoms with Crippen LogP contribution in [-0.4, -0.2) is 43.0 Å². The summed E-state index contributed by atoms with van der Waals surface area (Å²) >= 11 is 1.65. The highest BCUT2D eigenvalue weighted by molar-refractivity contribution is 7.91. The van der Waals surface area contributed by atoms with E-state index in [2.05, 4.69) is 29.0 Å². The van der Waals surface area contributed by atoms with E-state index in [1.54, 1.807) is 17.7 Å². The Labute approximate surface area is 151 Å². The van der Waals surface area contributed by atoms with Crippen molar-refractivity contribution in [2.45, 2.75) is 19.4 Å². The first-order valence-corrected chi connectivity index (χ1v) is 10.8. The minimum atomic E-state index is -2.93. The van der Waals surface area contributed by atoms with Crippen LogP contribution in [0.2, 0.25) is 0 Å². The van der Waals surface area contributed by atoms with Crippen LogP contribution in [0.4, 0.5) is 5.82 Å². The van der Waals surface area contributed by atoms with Gasteiger partial charge in [0.15, 0.2) is 9.84 Å². The van der Waals surface area contributed by atoms with Crippen molar-refractivity contribution >= 4 is 37.2 Å². The molecule has 1 fully saturated rings. The highest BCUT2D eigenvalue weighted by atomic mass is 32.2. The van der Waals surface area contributed by atoms with E-state index < -0.39 is 9.84 Å². The molecular weight excluding hydrogens is 354 g/mol. The van der Waals surface area contributed by atoms with Gasteiger partial charge in [0.1, 0.15) is 17.0 Å². The van der Waals surface area contributed by atoms with Crippen molar-refractivity contribution < 1.29 is 8.42 Å². The first-order chi connectivity index (χ1) is 12.0. The van der Waals surface area contributed by atoms with Gasteiger partial charge < -0.3 is 4.90 Å². The fourth-order valence-electron chi connectivity index (χ4n) is 3.44. The van der Waals surface area contributed by atoms with Crippen LogP contribution >= 0.6 is 11.3 Å². The number of hydrogen-bond acceptors (Lipinski definition) is 6. The molecule has 3 heterocycles. The van der Waals surface area contributed by atoms with Crippen LogP contribution in [0.1, 0.15) is 12.0 Å². The molecule has 25 heavy (non-hydrogen) atoms. The quantitative estimate of drug-likeness (QED) is 0.705. The zero-order chi connectivity index (χ0) is 17.6. The number of benzene rings is 1. The van der Waals surface area contributed by atoms with E-state index in [4.69, 9.17) is 0 Å². The zero-order valence-electron chi connectivity index (χ0n) is 14.1. The average molecular weight is 374 g/mol. The van der Waals surface area contributed by atoms with Crippen LogP contribution in [0.25, 0.3) is 20.7 Å². The molecule has 0 saturated carbocycles. The molecule has 1 saturated heterocycles. The number of sulfone groups is 1. The average Bonchev–Trinajstić information content (AvgIpc) is 3.15. The highest BCUT2D eigenvalue weighted by Gasteiger charge is 2.32. The van der Waals surface area contributed by atoms with Crippen molar-refractivity contribution in [1.82, 2.24) is 9.97 Å². The van der Waals surface area contributed by atoms with Crippen molar-refractivity contribution in [3.05, 3.63) is 42.2 Å². The Kier molecular flexibility index (Phi) is 4.00. The van der Waals surface area contributed by atoms with Crippen LogP contribution in [-0.2, 0) is 9.84 Å². The maximum Gasteiger partial charge on any atom is 0.152 e. The van der Waals surface area contributed by atoms with Gasteiger partial charge in [0, 0.05) is 18.0 Å². The molecule has 130 valence electrons. The Morgan fingerprint density at radius 3 is 2.64 bits per heavy atom. The second kappa shape index (κ2) is 6.07. The lowest BCUT2D eigenvalue weighted by atomic mass is 10.1. The topological polar surface area (TPSA) is 63.2 Å². The molecule has 0 spiro atoms. The maximum atomic E-state index is 11.8. The van der Waals surface area contributed by atoms with Gasteiger partial charge in [-0.05, 0) is 24.5 Å². The van der Waals surface area contributed by atoms with Gasteiger partial charge in [-0.25, -0.2) is 18.4 Å². The second-order valence-electron chi connectivity index (χ2n) is 6.47. The Morgan fingerprint density at radius 2 is 1.96 bits per heavy atom. The zero-order valence-corrected chi connectivity index (χ0v) is 15.8. The summed E-state index contributed by atoms with van der Waals surface area (Å²) in [7, 11) is -0.995. The Balaban J connectivity index is 1.82. The molecule has 0 aliphatic carbocycles. The van der Waals surface area contributed by atoms with Crippen molar-refractivity contribution in [3.63, 3.8) is 0 Å². The van der Waals surface area contributed by atoms with E-state index in [0.717, 1.165) is 21.6 Å². The fourth-order valence-corrected chi connectivity index (χ4v) is 6.36. The van der Waals surface area contributed by atoms with Gasteiger partial charge in [0.2, 0.25) is 0 Å². The number of thiophene rings is 1. The molecule has 0 amide bonds. The monoisotopic (exact) mass is 373 g/mol. The number of aryl methyl sites for hydroxylation is 1. The lowest BCUT2D eigenvalue weighted by molar-refractivity contribution is 0.600. The van der Waals surface area contributed by atoms with Gasteiger partial charge in [-0.15, -0.1) is 11.3 Å². The molecule has 2 aromatic heterocycles. The van der Waals surface area contributed by atoms with E-state index in [-0.39, 0.29) is 17.5 Å². The van der Waals surface area contributed by atoms with Gasteiger partial charge in [-0.3, -0.25) is 0 Å². The molecule has 3 aromatic rings. The van der Waals surface area contributed by atoms with E-state index in [0.29, 0.717) is 6.42 Å². The predicted octanol–water partition coefficient (Wildman–Crippen LogP) is 3.29. The van der Waals surface area contributed by atoms with Crippen molar-refractivity contribution in [2.24, 2.45) is 0 Å². The summed E-state index contributed by atoms with van der Waals surface area (Å²) in [5.41, 5.74) is 2.31. The lowest BCUT2D eigenvalue weighted by Gasteiger charge is -2.25. The summed E-state index contributed by atoms with van der Waals surface area (Å²) in [6.45, 7) is 2.09.